The van der Waals surface area contributed by atoms with Gasteiger partial charge in [-0.05, 0) is 165 Å². The SMILES string of the molecule is Cc1cc(-c2cccc(CN3CCC(N(Cc4ccnc(-c5cc(C)c(C)c(C)c5)c4)c4ccc(OC(F)(F)F)cc4)CC3)c2)cc(C)c1C. The van der Waals surface area contributed by atoms with Crippen molar-refractivity contribution in [2.75, 3.05) is 18.0 Å². The summed E-state index contributed by atoms with van der Waals surface area (Å²) in [5, 5.41) is 0. The molecule has 0 unspecified atom stereocenters. The summed E-state index contributed by atoms with van der Waals surface area (Å²) in [4.78, 5) is 9.54. The minimum atomic E-state index is -4.73. The van der Waals surface area contributed by atoms with Crippen LogP contribution >= 0.6 is 0 Å². The van der Waals surface area contributed by atoms with Gasteiger partial charge in [0.05, 0.1) is 5.69 Å². The summed E-state index contributed by atoms with van der Waals surface area (Å²) in [6, 6.07) is 28.4. The number of hydrogen-bond acceptors (Lipinski definition) is 4. The number of halogens is 3. The number of pyridine rings is 1. The number of aromatic nitrogens is 1. The molecule has 1 aromatic heterocycles. The van der Waals surface area contributed by atoms with Crippen LogP contribution in [0.25, 0.3) is 22.4 Å². The van der Waals surface area contributed by atoms with Gasteiger partial charge in [-0.25, -0.2) is 0 Å². The van der Waals surface area contributed by atoms with Crippen molar-refractivity contribution in [2.24, 2.45) is 0 Å². The Morgan fingerprint density at radius 3 is 1.90 bits per heavy atom. The number of aryl methyl sites for hydroxylation is 4. The van der Waals surface area contributed by atoms with Crippen LogP contribution in [0.15, 0.2) is 91.1 Å². The highest BCUT2D eigenvalue weighted by atomic mass is 19.4. The van der Waals surface area contributed by atoms with Crippen LogP contribution in [-0.2, 0) is 13.1 Å². The van der Waals surface area contributed by atoms with Crippen LogP contribution in [0.4, 0.5) is 18.9 Å². The van der Waals surface area contributed by atoms with Crippen LogP contribution in [0, 0.1) is 41.5 Å². The van der Waals surface area contributed by atoms with E-state index in [-0.39, 0.29) is 11.8 Å². The number of nitrogens with zero attached hydrogens (tertiary/aromatic N) is 3. The van der Waals surface area contributed by atoms with E-state index in [1.165, 1.54) is 62.2 Å². The molecule has 0 amide bonds. The van der Waals surface area contributed by atoms with E-state index < -0.39 is 6.36 Å². The maximum Gasteiger partial charge on any atom is 0.573 e. The molecule has 50 heavy (non-hydrogen) atoms. The van der Waals surface area contributed by atoms with Crippen LogP contribution in [-0.4, -0.2) is 35.4 Å². The van der Waals surface area contributed by atoms with E-state index in [2.05, 4.69) is 111 Å². The van der Waals surface area contributed by atoms with Crippen molar-refractivity contribution in [3.8, 4) is 28.1 Å². The largest absolute Gasteiger partial charge is 0.573 e. The number of piperidine rings is 1. The minimum absolute atomic E-state index is 0.214. The van der Waals surface area contributed by atoms with E-state index in [4.69, 9.17) is 4.98 Å². The molecule has 4 nitrogen and oxygen atoms in total. The molecular weight excluding hydrogens is 631 g/mol. The molecule has 0 atom stereocenters. The summed E-state index contributed by atoms with van der Waals surface area (Å²) < 4.78 is 43.0. The number of ether oxygens (including phenoxy) is 1. The fourth-order valence-corrected chi connectivity index (χ4v) is 7.08. The highest BCUT2D eigenvalue weighted by Gasteiger charge is 2.31. The molecule has 260 valence electrons. The smallest absolute Gasteiger partial charge is 0.406 e. The molecule has 1 saturated heterocycles. The molecule has 2 heterocycles. The van der Waals surface area contributed by atoms with Gasteiger partial charge in [0.1, 0.15) is 5.75 Å². The lowest BCUT2D eigenvalue weighted by molar-refractivity contribution is -0.274. The average molecular weight is 678 g/mol. The average Bonchev–Trinajstić information content (AvgIpc) is 3.08. The lowest BCUT2D eigenvalue weighted by Crippen LogP contribution is -2.44. The predicted octanol–water partition coefficient (Wildman–Crippen LogP) is 10.8. The third kappa shape index (κ3) is 8.39. The first kappa shape index (κ1) is 35.2. The molecule has 1 aliphatic rings. The highest BCUT2D eigenvalue weighted by molar-refractivity contribution is 5.67. The molecule has 4 aromatic carbocycles. The third-order valence-electron chi connectivity index (χ3n) is 10.4. The summed E-state index contributed by atoms with van der Waals surface area (Å²) in [6.45, 7) is 16.2. The topological polar surface area (TPSA) is 28.6 Å². The van der Waals surface area contributed by atoms with Crippen LogP contribution in [0.2, 0.25) is 0 Å². The molecule has 7 heteroatoms. The van der Waals surface area contributed by atoms with Gasteiger partial charge in [-0.1, -0.05) is 30.3 Å². The molecule has 1 aliphatic heterocycles. The second-order valence-electron chi connectivity index (χ2n) is 13.9. The first-order chi connectivity index (χ1) is 23.8. The Kier molecular flexibility index (Phi) is 10.4. The van der Waals surface area contributed by atoms with E-state index in [1.807, 2.05) is 12.3 Å². The molecule has 0 bridgehead atoms. The third-order valence-corrected chi connectivity index (χ3v) is 10.4. The fourth-order valence-electron chi connectivity index (χ4n) is 7.08. The summed E-state index contributed by atoms with van der Waals surface area (Å²) in [5.41, 5.74) is 15.4. The second-order valence-corrected chi connectivity index (χ2v) is 13.9. The van der Waals surface area contributed by atoms with E-state index in [1.54, 1.807) is 12.1 Å². The van der Waals surface area contributed by atoms with Gasteiger partial charge >= 0.3 is 6.36 Å². The van der Waals surface area contributed by atoms with Gasteiger partial charge in [-0.15, -0.1) is 13.2 Å². The summed E-state index contributed by atoms with van der Waals surface area (Å²) in [5.74, 6) is -0.217. The maximum atomic E-state index is 12.9. The molecule has 0 spiro atoms. The standard InChI is InChI=1S/C43H46F3N3O/c1-28-20-37(21-29(2)32(28)5)36-9-7-8-34(24-36)26-48-18-15-40(16-19-48)49(39-10-12-41(13-11-39)50-43(44,45)46)27-35-14-17-47-42(25-35)38-22-30(3)33(6)31(4)23-38/h7-14,17,20-25,40H,15-16,18-19,26-27H2,1-6H3. The molecule has 1 fully saturated rings. The van der Waals surface area contributed by atoms with Gasteiger partial charge < -0.3 is 9.64 Å². The zero-order valence-corrected chi connectivity index (χ0v) is 29.9. The van der Waals surface area contributed by atoms with Crippen LogP contribution < -0.4 is 9.64 Å². The Bertz CT molecular complexity index is 1910. The number of hydrogen-bond donors (Lipinski definition) is 0. The lowest BCUT2D eigenvalue weighted by atomic mass is 9.95. The molecule has 0 aliphatic carbocycles. The Hall–Kier alpha value is -4.62. The minimum Gasteiger partial charge on any atom is -0.406 e. The van der Waals surface area contributed by atoms with Gasteiger partial charge in [0.2, 0.25) is 0 Å². The van der Waals surface area contributed by atoms with Crippen molar-refractivity contribution in [1.82, 2.24) is 9.88 Å². The Morgan fingerprint density at radius 1 is 0.700 bits per heavy atom. The first-order valence-electron chi connectivity index (χ1n) is 17.4. The summed E-state index contributed by atoms with van der Waals surface area (Å²) in [6.07, 6.45) is -1.01. The normalized spacial score (nSPS) is 14.2. The lowest BCUT2D eigenvalue weighted by Gasteiger charge is -2.40. The van der Waals surface area contributed by atoms with Crippen LogP contribution in [0.5, 0.6) is 5.75 Å². The molecule has 0 N–H and O–H groups in total. The molecule has 5 aromatic rings. The van der Waals surface area contributed by atoms with E-state index in [0.717, 1.165) is 55.0 Å². The van der Waals surface area contributed by atoms with Gasteiger partial charge in [0.25, 0.3) is 0 Å². The van der Waals surface area contributed by atoms with Crippen LogP contribution in [0.1, 0.15) is 57.3 Å². The van der Waals surface area contributed by atoms with Crippen molar-refractivity contribution >= 4 is 5.69 Å². The van der Waals surface area contributed by atoms with E-state index in [0.29, 0.717) is 6.54 Å². The zero-order valence-electron chi connectivity index (χ0n) is 29.9. The van der Waals surface area contributed by atoms with Crippen molar-refractivity contribution in [3.05, 3.63) is 136 Å². The number of likely N-dealkylation sites (tertiary alicyclic amines) is 1. The Morgan fingerprint density at radius 2 is 1.30 bits per heavy atom. The number of anilines is 1. The van der Waals surface area contributed by atoms with Gasteiger partial charge in [0, 0.05) is 49.7 Å². The Labute approximate surface area is 294 Å². The van der Waals surface area contributed by atoms with Crippen LogP contribution in [0.3, 0.4) is 0 Å². The van der Waals surface area contributed by atoms with Crippen molar-refractivity contribution < 1.29 is 17.9 Å². The molecule has 6 rings (SSSR count). The van der Waals surface area contributed by atoms with Crippen molar-refractivity contribution in [3.63, 3.8) is 0 Å². The summed E-state index contributed by atoms with van der Waals surface area (Å²) >= 11 is 0. The van der Waals surface area contributed by atoms with Gasteiger partial charge in [-0.2, -0.15) is 0 Å². The zero-order chi connectivity index (χ0) is 35.6. The quantitative estimate of drug-likeness (QED) is 0.155. The van der Waals surface area contributed by atoms with Gasteiger partial charge in [-0.3, -0.25) is 9.88 Å². The highest BCUT2D eigenvalue weighted by Crippen LogP contribution is 2.32. The first-order valence-corrected chi connectivity index (χ1v) is 17.4. The van der Waals surface area contributed by atoms with Crippen molar-refractivity contribution in [2.45, 2.75) is 79.9 Å². The van der Waals surface area contributed by atoms with Crippen molar-refractivity contribution in [1.29, 1.82) is 0 Å². The maximum absolute atomic E-state index is 12.9. The van der Waals surface area contributed by atoms with Gasteiger partial charge in [0.15, 0.2) is 0 Å². The summed E-state index contributed by atoms with van der Waals surface area (Å²) in [7, 11) is 0. The molecule has 0 saturated carbocycles. The Balaban J connectivity index is 1.20. The van der Waals surface area contributed by atoms with E-state index in [9.17, 15) is 13.2 Å². The van der Waals surface area contributed by atoms with E-state index >= 15 is 0 Å². The fraction of sp³-hybridized carbons (Fsp3) is 0.326. The number of benzene rings is 4. The second kappa shape index (κ2) is 14.7. The molecule has 0 radical (unpaired) electrons. The number of rotatable bonds is 9. The predicted molar refractivity (Wildman–Crippen MR) is 198 cm³/mol. The monoisotopic (exact) mass is 677 g/mol. The molecular formula is C43H46F3N3O. The number of alkyl halides is 3.